The zero-order chi connectivity index (χ0) is 19.9. The summed E-state index contributed by atoms with van der Waals surface area (Å²) in [5.74, 6) is 0.333. The molecule has 2 heterocycles. The Morgan fingerprint density at radius 3 is 2.39 bits per heavy atom. The zero-order valence-electron chi connectivity index (χ0n) is 15.2. The number of aromatic amines is 1. The molecule has 28 heavy (non-hydrogen) atoms. The first-order chi connectivity index (χ1) is 13.4. The van der Waals surface area contributed by atoms with Crippen LogP contribution < -0.4 is 16.2 Å². The van der Waals surface area contributed by atoms with Gasteiger partial charge in [-0.25, -0.2) is 17.8 Å². The minimum Gasteiger partial charge on any atom is -0.328 e. The van der Waals surface area contributed by atoms with Crippen LogP contribution in [-0.4, -0.2) is 57.6 Å². The molecule has 1 saturated carbocycles. The summed E-state index contributed by atoms with van der Waals surface area (Å²) in [6, 6.07) is 3.47. The fourth-order valence-electron chi connectivity index (χ4n) is 3.93. The number of sulfone groups is 1. The van der Waals surface area contributed by atoms with Crippen LogP contribution >= 0.6 is 0 Å². The molecule has 1 saturated heterocycles. The predicted molar refractivity (Wildman–Crippen MR) is 103 cm³/mol. The number of nitrogens with zero attached hydrogens (tertiary/aromatic N) is 3. The molecule has 1 aromatic carbocycles. The Morgan fingerprint density at radius 2 is 1.86 bits per heavy atom. The number of H-pyrrole nitrogens is 1. The number of benzene rings is 1. The average Bonchev–Trinajstić information content (AvgIpc) is 3.13. The summed E-state index contributed by atoms with van der Waals surface area (Å²) in [4.78, 5) is 0.0385. The van der Waals surface area contributed by atoms with Gasteiger partial charge in [0.05, 0.1) is 15.0 Å². The van der Waals surface area contributed by atoms with Crippen LogP contribution in [0.3, 0.4) is 0 Å². The highest BCUT2D eigenvalue weighted by Crippen LogP contribution is 2.41. The second-order valence-electron chi connectivity index (χ2n) is 7.33. The summed E-state index contributed by atoms with van der Waals surface area (Å²) in [5.41, 5.74) is 7.27. The van der Waals surface area contributed by atoms with Gasteiger partial charge in [0.2, 0.25) is 5.82 Å². The van der Waals surface area contributed by atoms with E-state index in [1.807, 2.05) is 0 Å². The van der Waals surface area contributed by atoms with Crippen molar-refractivity contribution in [3.05, 3.63) is 17.7 Å². The second-order valence-corrected chi connectivity index (χ2v) is 10.5. The predicted octanol–water partition coefficient (Wildman–Crippen LogP) is -0.422. The number of hydrogen-bond donors (Lipinski definition) is 4. The van der Waals surface area contributed by atoms with Crippen LogP contribution in [0.15, 0.2) is 21.9 Å². The summed E-state index contributed by atoms with van der Waals surface area (Å²) < 4.78 is 38.7. The molecule has 1 aliphatic heterocycles. The van der Waals surface area contributed by atoms with E-state index in [-0.39, 0.29) is 27.6 Å². The fraction of sp³-hybridized carbons (Fsp3) is 0.562. The number of nitrogens with one attached hydrogen (secondary N) is 2. The molecule has 1 atom stereocenters. The molecule has 6 N–H and O–H groups in total. The number of tetrazole rings is 1. The Bertz CT molecular complexity index is 982. The maximum absolute atomic E-state index is 13.1. The van der Waals surface area contributed by atoms with Gasteiger partial charge in [-0.3, -0.25) is 0 Å². The Morgan fingerprint density at radius 1 is 1.14 bits per heavy atom. The molecule has 2 aliphatic rings. The highest BCUT2D eigenvalue weighted by atomic mass is 32.2. The Hall–Kier alpha value is -1.73. The molecule has 2 fully saturated rings. The summed E-state index contributed by atoms with van der Waals surface area (Å²) >= 11 is 0. The van der Waals surface area contributed by atoms with Crippen molar-refractivity contribution in [3.63, 3.8) is 0 Å². The molecule has 0 spiro atoms. The Balaban J connectivity index is 1.91. The summed E-state index contributed by atoms with van der Waals surface area (Å²) in [7, 11) is -5.73. The van der Waals surface area contributed by atoms with Crippen molar-refractivity contribution >= 4 is 20.8 Å². The van der Waals surface area contributed by atoms with Crippen molar-refractivity contribution in [2.75, 3.05) is 13.1 Å². The minimum absolute atomic E-state index is 0.0177. The van der Waals surface area contributed by atoms with Crippen molar-refractivity contribution < 1.29 is 12.6 Å². The fourth-order valence-corrected chi connectivity index (χ4v) is 6.86. The van der Waals surface area contributed by atoms with E-state index < -0.39 is 26.1 Å². The van der Waals surface area contributed by atoms with Crippen molar-refractivity contribution in [3.8, 4) is 11.4 Å². The lowest BCUT2D eigenvalue weighted by molar-refractivity contribution is 0.395. The van der Waals surface area contributed by atoms with Gasteiger partial charge < -0.3 is 11.1 Å². The van der Waals surface area contributed by atoms with Crippen molar-refractivity contribution in [1.29, 1.82) is 0 Å². The Kier molecular flexibility index (Phi) is 5.31. The van der Waals surface area contributed by atoms with Gasteiger partial charge in [-0.1, -0.05) is 6.07 Å². The first kappa shape index (κ1) is 19.6. The lowest BCUT2D eigenvalue weighted by Crippen LogP contribution is -2.51. The SMILES string of the molecule is NC1CCC(c2ccc(S(=O)(=O)C3CNC3)c(S(N)=O)c2-c2nn[nH]n2)CC1. The van der Waals surface area contributed by atoms with Gasteiger partial charge in [-0.2, -0.15) is 5.21 Å². The van der Waals surface area contributed by atoms with Gasteiger partial charge >= 0.3 is 0 Å². The summed E-state index contributed by atoms with van der Waals surface area (Å²) in [6.07, 6.45) is 3.43. The van der Waals surface area contributed by atoms with Gasteiger partial charge in [0.25, 0.3) is 0 Å². The maximum atomic E-state index is 13.1. The van der Waals surface area contributed by atoms with Gasteiger partial charge in [0.1, 0.15) is 11.0 Å². The molecule has 2 aromatic rings. The number of nitrogens with two attached hydrogens (primary N) is 2. The van der Waals surface area contributed by atoms with Crippen LogP contribution in [-0.2, 0) is 20.8 Å². The van der Waals surface area contributed by atoms with Crippen LogP contribution in [0.2, 0.25) is 0 Å². The molecular formula is C16H23N7O3S2. The zero-order valence-corrected chi connectivity index (χ0v) is 16.8. The van der Waals surface area contributed by atoms with Crippen LogP contribution in [0.1, 0.15) is 37.2 Å². The molecular weight excluding hydrogens is 402 g/mol. The van der Waals surface area contributed by atoms with Crippen LogP contribution in [0, 0.1) is 0 Å². The van der Waals surface area contributed by atoms with E-state index >= 15 is 0 Å². The first-order valence-corrected chi connectivity index (χ1v) is 11.9. The summed E-state index contributed by atoms with van der Waals surface area (Å²) in [6.45, 7) is 0.720. The first-order valence-electron chi connectivity index (χ1n) is 9.16. The van der Waals surface area contributed by atoms with Gasteiger partial charge in [-0.05, 0) is 48.4 Å². The lowest BCUT2D eigenvalue weighted by atomic mass is 9.80. The van der Waals surface area contributed by atoms with Crippen LogP contribution in [0.4, 0.5) is 0 Å². The molecule has 10 nitrogen and oxygen atoms in total. The summed E-state index contributed by atoms with van der Waals surface area (Å²) in [5, 5.41) is 22.2. The molecule has 0 radical (unpaired) electrons. The average molecular weight is 426 g/mol. The molecule has 152 valence electrons. The highest BCUT2D eigenvalue weighted by Gasteiger charge is 2.37. The third kappa shape index (κ3) is 3.39. The number of hydrogen-bond acceptors (Lipinski definition) is 8. The van der Waals surface area contributed by atoms with Crippen molar-refractivity contribution in [1.82, 2.24) is 25.9 Å². The third-order valence-electron chi connectivity index (χ3n) is 5.62. The van der Waals surface area contributed by atoms with E-state index in [4.69, 9.17) is 10.9 Å². The van der Waals surface area contributed by atoms with E-state index in [0.717, 1.165) is 31.2 Å². The number of aromatic nitrogens is 4. The standard InChI is InChI=1S/C16H23N7O3S2/c17-10-3-1-9(2-4-10)12-5-6-13(28(25,26)11-7-19-8-11)15(27(18)24)14(12)16-20-22-23-21-16/h5-6,9-11,19H,1-4,7-8,17-18H2,(H,20,21,22,23). The smallest absolute Gasteiger partial charge is 0.206 e. The molecule has 0 amide bonds. The molecule has 12 heteroatoms. The van der Waals surface area contributed by atoms with E-state index in [1.54, 1.807) is 6.07 Å². The normalized spacial score (nSPS) is 24.6. The van der Waals surface area contributed by atoms with Gasteiger partial charge in [0, 0.05) is 24.7 Å². The largest absolute Gasteiger partial charge is 0.328 e. The number of rotatable bonds is 5. The molecule has 1 unspecified atom stereocenters. The Labute approximate surface area is 165 Å². The van der Waals surface area contributed by atoms with E-state index in [2.05, 4.69) is 25.9 Å². The maximum Gasteiger partial charge on any atom is 0.206 e. The topological polar surface area (TPSA) is 170 Å². The van der Waals surface area contributed by atoms with Gasteiger partial charge in [0.15, 0.2) is 9.84 Å². The molecule has 4 rings (SSSR count). The highest BCUT2D eigenvalue weighted by molar-refractivity contribution is 7.93. The van der Waals surface area contributed by atoms with E-state index in [9.17, 15) is 12.6 Å². The van der Waals surface area contributed by atoms with Crippen molar-refractivity contribution in [2.24, 2.45) is 10.9 Å². The van der Waals surface area contributed by atoms with Crippen LogP contribution in [0.5, 0.6) is 0 Å². The molecule has 1 aromatic heterocycles. The van der Waals surface area contributed by atoms with Gasteiger partial charge in [-0.15, -0.1) is 10.2 Å². The molecule has 0 bridgehead atoms. The molecule has 1 aliphatic carbocycles. The second kappa shape index (κ2) is 7.59. The third-order valence-corrected chi connectivity index (χ3v) is 8.74. The van der Waals surface area contributed by atoms with E-state index in [1.165, 1.54) is 6.07 Å². The van der Waals surface area contributed by atoms with Crippen LogP contribution in [0.25, 0.3) is 11.4 Å². The monoisotopic (exact) mass is 425 g/mol. The van der Waals surface area contributed by atoms with Crippen molar-refractivity contribution in [2.45, 2.75) is 52.7 Å². The van der Waals surface area contributed by atoms with E-state index in [0.29, 0.717) is 18.7 Å². The quantitative estimate of drug-likeness (QED) is 0.500. The lowest BCUT2D eigenvalue weighted by Gasteiger charge is -2.30. The minimum atomic E-state index is -3.69.